The van der Waals surface area contributed by atoms with E-state index >= 15 is 0 Å². The third-order valence-electron chi connectivity index (χ3n) is 4.83. The zero-order valence-electron chi connectivity index (χ0n) is 19.3. The van der Waals surface area contributed by atoms with E-state index in [1.807, 2.05) is 57.2 Å². The Morgan fingerprint density at radius 3 is 2.38 bits per heavy atom. The number of furan rings is 1. The first kappa shape index (κ1) is 25.0. The smallest absolute Gasteiger partial charge is 0.325 e. The van der Waals surface area contributed by atoms with Gasteiger partial charge in [-0.1, -0.05) is 30.3 Å². The van der Waals surface area contributed by atoms with Crippen LogP contribution < -0.4 is 5.32 Å². The second-order valence-electron chi connectivity index (χ2n) is 8.35. The third-order valence-corrected chi connectivity index (χ3v) is 4.83. The molecule has 8 nitrogen and oxygen atoms in total. The summed E-state index contributed by atoms with van der Waals surface area (Å²) in [4.78, 5) is 40.7. The predicted octanol–water partition coefficient (Wildman–Crippen LogP) is 3.22. The molecule has 0 bridgehead atoms. The molecule has 0 unspecified atom stereocenters. The summed E-state index contributed by atoms with van der Waals surface area (Å²) < 4.78 is 10.3. The van der Waals surface area contributed by atoms with E-state index in [0.717, 1.165) is 5.56 Å². The number of ether oxygens (including phenoxy) is 1. The van der Waals surface area contributed by atoms with Crippen molar-refractivity contribution < 1.29 is 23.5 Å². The number of nitrogens with zero attached hydrogens (tertiary/aromatic N) is 2. The fourth-order valence-corrected chi connectivity index (χ4v) is 3.10. The van der Waals surface area contributed by atoms with Crippen LogP contribution in [0.1, 0.15) is 39.0 Å². The molecule has 0 saturated carbocycles. The van der Waals surface area contributed by atoms with Gasteiger partial charge in [0.25, 0.3) is 0 Å². The van der Waals surface area contributed by atoms with E-state index in [1.165, 1.54) is 4.90 Å². The summed E-state index contributed by atoms with van der Waals surface area (Å²) in [7, 11) is 0. The van der Waals surface area contributed by atoms with Crippen molar-refractivity contribution in [3.63, 3.8) is 0 Å². The number of nitrogens with one attached hydrogen (secondary N) is 1. The highest BCUT2D eigenvalue weighted by Gasteiger charge is 2.30. The van der Waals surface area contributed by atoms with Gasteiger partial charge in [0.1, 0.15) is 18.8 Å². The maximum atomic E-state index is 13.3. The number of hydrogen-bond donors (Lipinski definition) is 1. The highest BCUT2D eigenvalue weighted by atomic mass is 16.5. The van der Waals surface area contributed by atoms with Crippen LogP contribution >= 0.6 is 0 Å². The fraction of sp³-hybridized carbons (Fsp3) is 0.458. The Morgan fingerprint density at radius 1 is 1.06 bits per heavy atom. The van der Waals surface area contributed by atoms with Crippen LogP contribution in [-0.2, 0) is 27.3 Å². The average Bonchev–Trinajstić information content (AvgIpc) is 3.26. The Labute approximate surface area is 189 Å². The molecule has 0 aliphatic heterocycles. The monoisotopic (exact) mass is 443 g/mol. The lowest BCUT2D eigenvalue weighted by Gasteiger charge is -2.36. The van der Waals surface area contributed by atoms with Crippen molar-refractivity contribution in [2.75, 3.05) is 26.2 Å². The molecule has 1 N–H and O–H groups in total. The average molecular weight is 444 g/mol. The molecule has 0 radical (unpaired) electrons. The van der Waals surface area contributed by atoms with Crippen molar-refractivity contribution in [1.82, 2.24) is 15.1 Å². The van der Waals surface area contributed by atoms with Gasteiger partial charge in [0.2, 0.25) is 5.91 Å². The van der Waals surface area contributed by atoms with E-state index in [4.69, 9.17) is 9.15 Å². The molecular weight excluding hydrogens is 410 g/mol. The Hall–Kier alpha value is -3.29. The number of amides is 3. The van der Waals surface area contributed by atoms with Crippen molar-refractivity contribution in [1.29, 1.82) is 0 Å². The molecule has 0 atom stereocenters. The molecule has 0 fully saturated rings. The first-order valence-corrected chi connectivity index (χ1v) is 10.8. The molecule has 0 spiro atoms. The van der Waals surface area contributed by atoms with Crippen LogP contribution in [0.3, 0.4) is 0 Å². The molecule has 8 heteroatoms. The molecule has 2 rings (SSSR count). The highest BCUT2D eigenvalue weighted by molar-refractivity contribution is 5.86. The van der Waals surface area contributed by atoms with Crippen LogP contribution in [-0.4, -0.2) is 59.5 Å². The Bertz CT molecular complexity index is 860. The van der Waals surface area contributed by atoms with Crippen molar-refractivity contribution >= 4 is 17.9 Å². The van der Waals surface area contributed by atoms with E-state index in [9.17, 15) is 14.4 Å². The van der Waals surface area contributed by atoms with E-state index in [2.05, 4.69) is 5.32 Å². The quantitative estimate of drug-likeness (QED) is 0.569. The number of esters is 1. The molecule has 0 aliphatic rings. The number of hydrogen-bond acceptors (Lipinski definition) is 5. The largest absolute Gasteiger partial charge is 0.467 e. The lowest BCUT2D eigenvalue weighted by Crippen LogP contribution is -2.55. The maximum absolute atomic E-state index is 13.3. The van der Waals surface area contributed by atoms with Gasteiger partial charge < -0.3 is 24.3 Å². The van der Waals surface area contributed by atoms with Gasteiger partial charge in [-0.25, -0.2) is 4.79 Å². The molecular formula is C24H33N3O5. The number of urea groups is 1. The molecule has 0 saturated heterocycles. The van der Waals surface area contributed by atoms with Gasteiger partial charge in [-0.05, 0) is 51.8 Å². The number of rotatable bonds is 10. The third kappa shape index (κ3) is 8.09. The van der Waals surface area contributed by atoms with Crippen LogP contribution in [0.15, 0.2) is 53.1 Å². The molecule has 1 aromatic carbocycles. The van der Waals surface area contributed by atoms with Gasteiger partial charge in [-0.3, -0.25) is 9.59 Å². The molecule has 32 heavy (non-hydrogen) atoms. The molecule has 2 aromatic rings. The highest BCUT2D eigenvalue weighted by Crippen LogP contribution is 2.15. The van der Waals surface area contributed by atoms with Crippen molar-refractivity contribution in [3.05, 3.63) is 60.1 Å². The molecule has 1 heterocycles. The minimum Gasteiger partial charge on any atom is -0.467 e. The second kappa shape index (κ2) is 11.9. The van der Waals surface area contributed by atoms with E-state index in [-0.39, 0.29) is 25.6 Å². The first-order valence-electron chi connectivity index (χ1n) is 10.8. The van der Waals surface area contributed by atoms with Crippen LogP contribution in [0.2, 0.25) is 0 Å². The summed E-state index contributed by atoms with van der Waals surface area (Å²) in [6.07, 6.45) is 2.25. The van der Waals surface area contributed by atoms with Crippen LogP contribution in [0.25, 0.3) is 0 Å². The maximum Gasteiger partial charge on any atom is 0.325 e. The van der Waals surface area contributed by atoms with Gasteiger partial charge in [0, 0.05) is 12.1 Å². The van der Waals surface area contributed by atoms with Gasteiger partial charge >= 0.3 is 12.0 Å². The lowest BCUT2D eigenvalue weighted by atomic mass is 10.1. The SMILES string of the molecule is CCOC(=O)CNC(=O)N(CC(=O)N(CCc1ccccc1)Cc1ccco1)C(C)(C)C. The van der Waals surface area contributed by atoms with E-state index < -0.39 is 17.5 Å². The lowest BCUT2D eigenvalue weighted by molar-refractivity contribution is -0.141. The van der Waals surface area contributed by atoms with E-state index in [1.54, 1.807) is 24.2 Å². The van der Waals surface area contributed by atoms with Gasteiger partial charge in [-0.15, -0.1) is 0 Å². The van der Waals surface area contributed by atoms with Crippen molar-refractivity contribution in [3.8, 4) is 0 Å². The summed E-state index contributed by atoms with van der Waals surface area (Å²) in [5, 5.41) is 2.54. The predicted molar refractivity (Wildman–Crippen MR) is 121 cm³/mol. The minimum absolute atomic E-state index is 0.131. The summed E-state index contributed by atoms with van der Waals surface area (Å²) in [5.41, 5.74) is 0.481. The van der Waals surface area contributed by atoms with Gasteiger partial charge in [-0.2, -0.15) is 0 Å². The van der Waals surface area contributed by atoms with E-state index in [0.29, 0.717) is 25.3 Å². The Balaban J connectivity index is 2.09. The standard InChI is InChI=1S/C24H33N3O5/c1-5-31-22(29)16-25-23(30)27(24(2,3)4)18-21(28)26(17-20-12-9-15-32-20)14-13-19-10-7-6-8-11-19/h6-12,15H,5,13-14,16-18H2,1-4H3,(H,25,30). The molecule has 0 aliphatic carbocycles. The molecule has 174 valence electrons. The topological polar surface area (TPSA) is 92.1 Å². The first-order chi connectivity index (χ1) is 15.2. The van der Waals surface area contributed by atoms with Crippen LogP contribution in [0.5, 0.6) is 0 Å². The number of benzene rings is 1. The van der Waals surface area contributed by atoms with Crippen LogP contribution in [0.4, 0.5) is 4.79 Å². The summed E-state index contributed by atoms with van der Waals surface area (Å²) in [6.45, 7) is 7.85. The van der Waals surface area contributed by atoms with Crippen molar-refractivity contribution in [2.45, 2.75) is 46.2 Å². The minimum atomic E-state index is -0.635. The number of carbonyl (C=O) groups excluding carboxylic acids is 3. The molecule has 1 aromatic heterocycles. The second-order valence-corrected chi connectivity index (χ2v) is 8.35. The zero-order valence-corrected chi connectivity index (χ0v) is 19.3. The fourth-order valence-electron chi connectivity index (χ4n) is 3.10. The van der Waals surface area contributed by atoms with Gasteiger partial charge in [0.15, 0.2) is 0 Å². The van der Waals surface area contributed by atoms with Crippen molar-refractivity contribution in [2.24, 2.45) is 0 Å². The zero-order chi connectivity index (χ0) is 23.6. The normalized spacial score (nSPS) is 11.0. The molecule has 3 amide bonds. The van der Waals surface area contributed by atoms with Gasteiger partial charge in [0.05, 0.1) is 19.4 Å². The summed E-state index contributed by atoms with van der Waals surface area (Å²) >= 11 is 0. The summed E-state index contributed by atoms with van der Waals surface area (Å²) in [5.74, 6) is -0.0673. The van der Waals surface area contributed by atoms with Crippen LogP contribution in [0, 0.1) is 0 Å². The Kier molecular flexibility index (Phi) is 9.31. The number of carbonyl (C=O) groups is 3. The Morgan fingerprint density at radius 2 is 1.78 bits per heavy atom. The summed E-state index contributed by atoms with van der Waals surface area (Å²) in [6, 6.07) is 13.0.